The molecule has 9 rings (SSSR count). The third-order valence-corrected chi connectivity index (χ3v) is 24.7. The highest BCUT2D eigenvalue weighted by Crippen LogP contribution is 2.32. The SMILES string of the molecule is CC(C)(C)CCN1CCC(F)(F)CC1.CC(C)(C)CCN1CCC(F)CC1.CC(C)(C)CCN1CCC(O)CC1.CC(C)(C)CCN1CCCC(F)C1.CC(C)(C)CCN1CCCC(O)C1.CC(C)(C)CCN1CCCCC(F)C1.CC(C)(C)CCN1CCCCCC1.CC(C)(C)CCN1CCCOCC1.COC1CCCN(CCC(C)(C)C)C1. The van der Waals surface area contributed by atoms with Gasteiger partial charge in [-0.3, -0.25) is 0 Å². The highest BCUT2D eigenvalue weighted by Gasteiger charge is 2.35. The van der Waals surface area contributed by atoms with Gasteiger partial charge in [0.05, 0.1) is 24.9 Å². The Hall–Kier alpha value is -0.870. The molecule has 0 aromatic rings. The van der Waals surface area contributed by atoms with Crippen LogP contribution in [0, 0.1) is 48.7 Å². The summed E-state index contributed by atoms with van der Waals surface area (Å²) in [6.07, 6.45) is 29.6. The lowest BCUT2D eigenvalue weighted by atomic mass is 9.91. The number of rotatable bonds is 19. The highest BCUT2D eigenvalue weighted by atomic mass is 19.3. The molecule has 13 nitrogen and oxygen atoms in total. The van der Waals surface area contributed by atoms with E-state index in [0.717, 1.165) is 175 Å². The molecule has 0 amide bonds. The first-order chi connectivity index (χ1) is 55.3. The number of ether oxygens (including phenoxy) is 2. The Kier molecular flexibility index (Phi) is 58.7. The van der Waals surface area contributed by atoms with Crippen molar-refractivity contribution in [3.63, 3.8) is 0 Å². The van der Waals surface area contributed by atoms with Crippen molar-refractivity contribution in [2.75, 3.05) is 197 Å². The van der Waals surface area contributed by atoms with Crippen LogP contribution in [-0.4, -0.2) is 294 Å². The van der Waals surface area contributed by atoms with E-state index in [-0.39, 0.29) is 25.0 Å². The molecule has 9 saturated heterocycles. The Balaban J connectivity index is 0.000000675. The molecule has 120 heavy (non-hydrogen) atoms. The van der Waals surface area contributed by atoms with Gasteiger partial charge in [0.15, 0.2) is 0 Å². The Labute approximate surface area is 743 Å². The molecule has 2 N–H and O–H groups in total. The average Bonchev–Trinajstić information content (AvgIpc) is 0.996. The summed E-state index contributed by atoms with van der Waals surface area (Å²) in [5, 5.41) is 18.8. The summed E-state index contributed by atoms with van der Waals surface area (Å²) in [5.41, 5.74) is 3.76. The van der Waals surface area contributed by atoms with E-state index in [1.165, 1.54) is 162 Å². The number of aliphatic hydroxyl groups excluding tert-OH is 2. The van der Waals surface area contributed by atoms with Crippen LogP contribution in [0.4, 0.5) is 22.0 Å². The summed E-state index contributed by atoms with van der Waals surface area (Å²) in [7, 11) is 1.83. The molecule has 18 heteroatoms. The van der Waals surface area contributed by atoms with Gasteiger partial charge in [0.1, 0.15) is 18.5 Å². The van der Waals surface area contributed by atoms with Crippen molar-refractivity contribution < 1.29 is 41.6 Å². The summed E-state index contributed by atoms with van der Waals surface area (Å²) in [6.45, 7) is 91.7. The second-order valence-corrected chi connectivity index (χ2v) is 49.0. The Morgan fingerprint density at radius 3 is 0.900 bits per heavy atom. The molecular formula is C102H208F5N9O4. The van der Waals surface area contributed by atoms with Gasteiger partial charge in [-0.1, -0.05) is 200 Å². The van der Waals surface area contributed by atoms with Gasteiger partial charge in [0.25, 0.3) is 5.92 Å². The van der Waals surface area contributed by atoms with Crippen LogP contribution in [0.2, 0.25) is 0 Å². The highest BCUT2D eigenvalue weighted by molar-refractivity contribution is 4.83. The van der Waals surface area contributed by atoms with Crippen LogP contribution in [0.25, 0.3) is 0 Å². The summed E-state index contributed by atoms with van der Waals surface area (Å²) < 4.78 is 75.6. The van der Waals surface area contributed by atoms with Gasteiger partial charge in [0, 0.05) is 105 Å². The number of hydrogen-bond acceptors (Lipinski definition) is 13. The molecule has 0 aromatic heterocycles. The third kappa shape index (κ3) is 74.0. The monoisotopic (exact) mass is 1720 g/mol. The molecule has 0 aromatic carbocycles. The topological polar surface area (TPSA) is 88.1 Å². The second kappa shape index (κ2) is 60.2. The summed E-state index contributed by atoms with van der Waals surface area (Å²) >= 11 is 0. The van der Waals surface area contributed by atoms with Crippen LogP contribution in [-0.2, 0) is 9.47 Å². The number of alkyl halides is 5. The predicted molar refractivity (Wildman–Crippen MR) is 510 cm³/mol. The van der Waals surface area contributed by atoms with E-state index in [4.69, 9.17) is 9.47 Å². The smallest absolute Gasteiger partial charge is 0.250 e. The molecular weight excluding hydrogens is 1510 g/mol. The molecule has 9 fully saturated rings. The van der Waals surface area contributed by atoms with Gasteiger partial charge in [-0.15, -0.1) is 0 Å². The fourth-order valence-electron chi connectivity index (χ4n) is 15.4. The minimum atomic E-state index is -2.40. The van der Waals surface area contributed by atoms with Gasteiger partial charge in [-0.05, 0) is 307 Å². The zero-order valence-electron chi connectivity index (χ0n) is 85.1. The summed E-state index contributed by atoms with van der Waals surface area (Å²) in [4.78, 5) is 21.7. The molecule has 0 bridgehead atoms. The molecule has 9 heterocycles. The first-order valence-corrected chi connectivity index (χ1v) is 49.6. The molecule has 4 unspecified atom stereocenters. The van der Waals surface area contributed by atoms with Crippen molar-refractivity contribution >= 4 is 0 Å². The van der Waals surface area contributed by atoms with Crippen molar-refractivity contribution in [1.82, 2.24) is 44.1 Å². The van der Waals surface area contributed by atoms with Crippen LogP contribution >= 0.6 is 0 Å². The maximum atomic E-state index is 13.3. The number of halogens is 5. The lowest BCUT2D eigenvalue weighted by molar-refractivity contribution is -0.0561. The molecule has 4 atom stereocenters. The Morgan fingerprint density at radius 1 is 0.267 bits per heavy atom. The minimum Gasteiger partial charge on any atom is -0.393 e. The van der Waals surface area contributed by atoms with Crippen LogP contribution in [0.3, 0.4) is 0 Å². The minimum absolute atomic E-state index is 0.0362. The van der Waals surface area contributed by atoms with Gasteiger partial charge in [-0.25, -0.2) is 22.0 Å². The van der Waals surface area contributed by atoms with Crippen molar-refractivity contribution in [3.8, 4) is 0 Å². The van der Waals surface area contributed by atoms with E-state index >= 15 is 0 Å². The van der Waals surface area contributed by atoms with Crippen LogP contribution in [0.5, 0.6) is 0 Å². The average molecular weight is 1720 g/mol. The van der Waals surface area contributed by atoms with Crippen molar-refractivity contribution in [3.05, 3.63) is 0 Å². The largest absolute Gasteiger partial charge is 0.393 e. The van der Waals surface area contributed by atoms with Crippen LogP contribution < -0.4 is 0 Å². The first-order valence-electron chi connectivity index (χ1n) is 49.6. The van der Waals surface area contributed by atoms with Gasteiger partial charge < -0.3 is 63.8 Å². The lowest BCUT2D eigenvalue weighted by Crippen LogP contribution is -2.40. The Bertz CT molecular complexity index is 2260. The predicted octanol–water partition coefficient (Wildman–Crippen LogP) is 23.8. The zero-order valence-corrected chi connectivity index (χ0v) is 85.1. The maximum absolute atomic E-state index is 13.3. The second-order valence-electron chi connectivity index (χ2n) is 49.0. The van der Waals surface area contributed by atoms with E-state index < -0.39 is 24.4 Å². The van der Waals surface area contributed by atoms with E-state index in [2.05, 4.69) is 231 Å². The molecule has 0 saturated carbocycles. The van der Waals surface area contributed by atoms with Gasteiger partial charge in [-0.2, -0.15) is 0 Å². The van der Waals surface area contributed by atoms with Gasteiger partial charge >= 0.3 is 0 Å². The third-order valence-electron chi connectivity index (χ3n) is 24.7. The number of hydrogen-bond donors (Lipinski definition) is 2. The van der Waals surface area contributed by atoms with E-state index in [0.29, 0.717) is 81.0 Å². The molecule has 0 spiro atoms. The van der Waals surface area contributed by atoms with Crippen LogP contribution in [0.15, 0.2) is 0 Å². The van der Waals surface area contributed by atoms with E-state index in [9.17, 15) is 32.2 Å². The van der Waals surface area contributed by atoms with Crippen molar-refractivity contribution in [1.29, 1.82) is 0 Å². The van der Waals surface area contributed by atoms with Gasteiger partial charge in [0.2, 0.25) is 0 Å². The maximum Gasteiger partial charge on any atom is 0.250 e. The first kappa shape index (κ1) is 117. The number of aliphatic hydroxyl groups is 2. The number of methoxy groups -OCH3 is 1. The summed E-state index contributed by atoms with van der Waals surface area (Å²) in [5.74, 6) is -2.40. The number of nitrogens with zero attached hydrogens (tertiary/aromatic N) is 9. The molecule has 0 radical (unpaired) electrons. The standard InChI is InChI=1S/C12H24FN.C12H25NO.C12H25N.C11H21F2N.2C11H22FN.3C11H23NO/c1-12(2,3)7-9-14-8-5-4-6-11(13)10-14;1-12(2,3)7-9-13-8-5-6-11(10-13)14-4;1-12(2,3)8-11-13-9-6-4-5-7-10-13;1-10(2,3)4-7-14-8-5-11(12,13)6-9-14;1-11(2,3)6-9-13-7-4-10(12)5-8-13;1-11(2,3)6-8-13-7-4-5-10(12)9-13;1-11(2,3)6-9-12-7-4-10(13)5-8-12;1-11(2,3)5-7-12-6-4-9-13-10-8-12;1-11(2,3)6-8-12-7-4-5-10(13)9-12/h11H,4-10H2,1-3H3;11H,5-10H2,1-4H3;4-11H2,1-3H3;4-9H2,1-3H3;2*10H,4-9H2,1-3H3;10,13H,4-9H2,1-3H3;4-10H2,1-3H3;10,13H,4-9H2,1-3H3. The normalized spacial score (nSPS) is 23.9. The number of β-amino-alcohol motifs (C(OH)–C–C–N with tert-alkyl or cyclic N) is 1. The van der Waals surface area contributed by atoms with Crippen molar-refractivity contribution in [2.24, 2.45) is 48.7 Å². The fourth-order valence-corrected chi connectivity index (χ4v) is 15.4. The molecule has 720 valence electrons. The van der Waals surface area contributed by atoms with Crippen LogP contribution in [0.1, 0.15) is 373 Å². The number of piperidine rings is 6. The van der Waals surface area contributed by atoms with E-state index in [1.807, 2.05) is 7.11 Å². The zero-order chi connectivity index (χ0) is 91.1. The Morgan fingerprint density at radius 2 is 0.542 bits per heavy atom. The summed E-state index contributed by atoms with van der Waals surface area (Å²) in [6, 6.07) is 0. The van der Waals surface area contributed by atoms with Crippen molar-refractivity contribution in [2.45, 2.75) is 416 Å². The quantitative estimate of drug-likeness (QED) is 0.121. The molecule has 0 aliphatic carbocycles. The molecule has 9 aliphatic heterocycles. The van der Waals surface area contributed by atoms with E-state index in [1.54, 1.807) is 0 Å². The lowest BCUT2D eigenvalue weighted by Gasteiger charge is -2.33. The number of likely N-dealkylation sites (tertiary alicyclic amines) is 8. The fraction of sp³-hybridized carbons (Fsp3) is 1.00. The molecule has 9 aliphatic rings.